The molecule has 2 amide bonds. The van der Waals surface area contributed by atoms with Gasteiger partial charge in [0.05, 0.1) is 18.2 Å². The molecular weight excluding hydrogens is 308 g/mol. The summed E-state index contributed by atoms with van der Waals surface area (Å²) in [5, 5.41) is 0. The molecule has 1 atom stereocenters. The highest BCUT2D eigenvalue weighted by Crippen LogP contribution is 2.28. The van der Waals surface area contributed by atoms with Crippen LogP contribution in [0.25, 0.3) is 0 Å². The predicted octanol–water partition coefficient (Wildman–Crippen LogP) is 2.12. The molecule has 0 saturated carbocycles. The number of ether oxygens (including phenoxy) is 1. The molecule has 6 heteroatoms. The van der Waals surface area contributed by atoms with E-state index in [1.165, 1.54) is 24.7 Å². The Morgan fingerprint density at radius 1 is 1.04 bits per heavy atom. The Labute approximate surface area is 141 Å². The Balaban J connectivity index is 1.75. The summed E-state index contributed by atoms with van der Waals surface area (Å²) in [4.78, 5) is 39.5. The van der Waals surface area contributed by atoms with Gasteiger partial charge in [0.15, 0.2) is 0 Å². The number of imide groups is 1. The zero-order valence-electron chi connectivity index (χ0n) is 13.9. The average molecular weight is 330 g/mol. The Morgan fingerprint density at radius 3 is 2.25 bits per heavy atom. The number of anilines is 1. The first-order valence-electron chi connectivity index (χ1n) is 8.45. The Kier molecular flexibility index (Phi) is 4.94. The maximum absolute atomic E-state index is 12.8. The lowest BCUT2D eigenvalue weighted by molar-refractivity contribution is -0.132. The van der Waals surface area contributed by atoms with E-state index in [2.05, 4.69) is 4.90 Å². The van der Waals surface area contributed by atoms with Gasteiger partial charge in [0.2, 0.25) is 5.91 Å². The maximum Gasteiger partial charge on any atom is 0.308 e. The number of hydrogen-bond donors (Lipinski definition) is 0. The molecule has 0 bridgehead atoms. The molecule has 1 aromatic rings. The molecule has 2 fully saturated rings. The third kappa shape index (κ3) is 3.48. The van der Waals surface area contributed by atoms with E-state index in [0.29, 0.717) is 11.4 Å². The lowest BCUT2D eigenvalue weighted by Crippen LogP contribution is -2.42. The third-order valence-corrected chi connectivity index (χ3v) is 4.56. The summed E-state index contributed by atoms with van der Waals surface area (Å²) in [6.45, 7) is 3.08. The van der Waals surface area contributed by atoms with Crippen LogP contribution in [-0.4, -0.2) is 41.8 Å². The van der Waals surface area contributed by atoms with Crippen LogP contribution in [0.4, 0.5) is 5.69 Å². The first-order valence-corrected chi connectivity index (χ1v) is 8.45. The van der Waals surface area contributed by atoms with Crippen molar-refractivity contribution in [2.75, 3.05) is 18.0 Å². The van der Waals surface area contributed by atoms with E-state index in [0.717, 1.165) is 25.9 Å². The molecule has 2 aliphatic heterocycles. The van der Waals surface area contributed by atoms with Crippen LogP contribution in [-0.2, 0) is 14.4 Å². The number of rotatable bonds is 3. The first-order chi connectivity index (χ1) is 11.6. The summed E-state index contributed by atoms with van der Waals surface area (Å²) < 4.78 is 4.98. The van der Waals surface area contributed by atoms with Crippen LogP contribution >= 0.6 is 0 Å². The van der Waals surface area contributed by atoms with Crippen molar-refractivity contribution in [1.82, 2.24) is 4.90 Å². The van der Waals surface area contributed by atoms with Crippen molar-refractivity contribution < 1.29 is 19.1 Å². The van der Waals surface area contributed by atoms with Crippen LogP contribution in [0, 0.1) is 0 Å². The monoisotopic (exact) mass is 330 g/mol. The Bertz CT molecular complexity index is 633. The second-order valence-corrected chi connectivity index (χ2v) is 6.33. The van der Waals surface area contributed by atoms with E-state index < -0.39 is 5.97 Å². The fourth-order valence-corrected chi connectivity index (χ4v) is 3.41. The average Bonchev–Trinajstić information content (AvgIpc) is 2.73. The lowest BCUT2D eigenvalue weighted by atomic mass is 10.2. The van der Waals surface area contributed by atoms with Gasteiger partial charge in [0.25, 0.3) is 5.91 Å². The van der Waals surface area contributed by atoms with Gasteiger partial charge in [-0.05, 0) is 50.2 Å². The van der Waals surface area contributed by atoms with Crippen molar-refractivity contribution in [2.45, 2.75) is 45.1 Å². The summed E-state index contributed by atoms with van der Waals surface area (Å²) in [6.07, 6.45) is 4.77. The van der Waals surface area contributed by atoms with E-state index in [-0.39, 0.29) is 24.3 Å². The molecule has 2 aliphatic rings. The van der Waals surface area contributed by atoms with E-state index >= 15 is 0 Å². The summed E-state index contributed by atoms with van der Waals surface area (Å²) in [7, 11) is 0. The Morgan fingerprint density at radius 2 is 1.67 bits per heavy atom. The van der Waals surface area contributed by atoms with Gasteiger partial charge in [-0.15, -0.1) is 0 Å². The Hall–Kier alpha value is -2.21. The number of carbonyl (C=O) groups excluding carboxylic acids is 3. The molecule has 0 N–H and O–H groups in total. The molecular formula is C18H22N2O4. The van der Waals surface area contributed by atoms with Gasteiger partial charge in [-0.25, -0.2) is 4.90 Å². The highest BCUT2D eigenvalue weighted by atomic mass is 16.5. The largest absolute Gasteiger partial charge is 0.427 e. The second kappa shape index (κ2) is 7.13. The molecule has 1 aromatic carbocycles. The highest BCUT2D eigenvalue weighted by molar-refractivity contribution is 6.22. The van der Waals surface area contributed by atoms with Gasteiger partial charge >= 0.3 is 5.97 Å². The predicted molar refractivity (Wildman–Crippen MR) is 88.7 cm³/mol. The highest BCUT2D eigenvalue weighted by Gasteiger charge is 2.42. The standard InChI is InChI=1S/C18H22N2O4/c1-13(21)24-15-8-6-14(7-9-15)20-17(22)12-16(18(20)23)19-10-4-2-3-5-11-19/h6-9,16H,2-5,10-12H2,1H3/t16-/m0/s1. The van der Waals surface area contributed by atoms with E-state index in [1.807, 2.05) is 0 Å². The summed E-state index contributed by atoms with van der Waals surface area (Å²) in [6, 6.07) is 6.12. The fourth-order valence-electron chi connectivity index (χ4n) is 3.41. The van der Waals surface area contributed by atoms with Gasteiger partial charge in [0.1, 0.15) is 5.75 Å². The number of carbonyl (C=O) groups is 3. The molecule has 0 unspecified atom stereocenters. The van der Waals surface area contributed by atoms with Gasteiger partial charge < -0.3 is 4.74 Å². The van der Waals surface area contributed by atoms with Gasteiger partial charge in [-0.2, -0.15) is 0 Å². The van der Waals surface area contributed by atoms with E-state index in [4.69, 9.17) is 4.74 Å². The summed E-state index contributed by atoms with van der Waals surface area (Å²) in [5.74, 6) is -0.330. The lowest BCUT2D eigenvalue weighted by Gasteiger charge is -2.25. The van der Waals surface area contributed by atoms with Crippen molar-refractivity contribution in [3.05, 3.63) is 24.3 Å². The molecule has 2 heterocycles. The smallest absolute Gasteiger partial charge is 0.308 e. The van der Waals surface area contributed by atoms with Crippen molar-refractivity contribution in [3.8, 4) is 5.75 Å². The van der Waals surface area contributed by atoms with Crippen molar-refractivity contribution in [1.29, 1.82) is 0 Å². The molecule has 0 spiro atoms. The van der Waals surface area contributed by atoms with Crippen LogP contribution in [0.3, 0.4) is 0 Å². The van der Waals surface area contributed by atoms with Crippen LogP contribution < -0.4 is 9.64 Å². The molecule has 6 nitrogen and oxygen atoms in total. The molecule has 2 saturated heterocycles. The van der Waals surface area contributed by atoms with Gasteiger partial charge in [0, 0.05) is 6.92 Å². The van der Waals surface area contributed by atoms with Gasteiger partial charge in [-0.3, -0.25) is 19.3 Å². The summed E-state index contributed by atoms with van der Waals surface area (Å²) in [5.41, 5.74) is 0.526. The number of esters is 1. The topological polar surface area (TPSA) is 66.9 Å². The van der Waals surface area contributed by atoms with Crippen molar-refractivity contribution in [2.24, 2.45) is 0 Å². The number of amides is 2. The van der Waals surface area contributed by atoms with Crippen molar-refractivity contribution >= 4 is 23.5 Å². The molecule has 0 radical (unpaired) electrons. The first kappa shape index (κ1) is 16.6. The maximum atomic E-state index is 12.8. The number of nitrogens with zero attached hydrogens (tertiary/aromatic N) is 2. The fraction of sp³-hybridized carbons (Fsp3) is 0.500. The van der Waals surface area contributed by atoms with Crippen LogP contribution in [0.2, 0.25) is 0 Å². The number of benzene rings is 1. The minimum atomic E-state index is -0.405. The quantitative estimate of drug-likeness (QED) is 0.482. The van der Waals surface area contributed by atoms with Crippen molar-refractivity contribution in [3.63, 3.8) is 0 Å². The SMILES string of the molecule is CC(=O)Oc1ccc(N2C(=O)C[C@H](N3CCCCCC3)C2=O)cc1. The van der Waals surface area contributed by atoms with E-state index in [9.17, 15) is 14.4 Å². The van der Waals surface area contributed by atoms with Gasteiger partial charge in [-0.1, -0.05) is 12.8 Å². The van der Waals surface area contributed by atoms with Crippen LogP contribution in [0.5, 0.6) is 5.75 Å². The minimum Gasteiger partial charge on any atom is -0.427 e. The zero-order chi connectivity index (χ0) is 17.1. The second-order valence-electron chi connectivity index (χ2n) is 6.33. The third-order valence-electron chi connectivity index (χ3n) is 4.56. The molecule has 128 valence electrons. The summed E-state index contributed by atoms with van der Waals surface area (Å²) >= 11 is 0. The molecule has 3 rings (SSSR count). The van der Waals surface area contributed by atoms with Crippen LogP contribution in [0.15, 0.2) is 24.3 Å². The number of hydrogen-bond acceptors (Lipinski definition) is 5. The van der Waals surface area contributed by atoms with Crippen LogP contribution in [0.1, 0.15) is 39.0 Å². The number of likely N-dealkylation sites (tertiary alicyclic amines) is 1. The normalized spacial score (nSPS) is 22.5. The van der Waals surface area contributed by atoms with E-state index in [1.54, 1.807) is 24.3 Å². The molecule has 0 aliphatic carbocycles. The zero-order valence-corrected chi connectivity index (χ0v) is 13.9. The molecule has 24 heavy (non-hydrogen) atoms. The minimum absolute atomic E-state index is 0.151. The molecule has 0 aromatic heterocycles.